The van der Waals surface area contributed by atoms with Gasteiger partial charge in [0.25, 0.3) is 0 Å². The van der Waals surface area contributed by atoms with Crippen molar-refractivity contribution in [1.82, 2.24) is 19.9 Å². The van der Waals surface area contributed by atoms with Gasteiger partial charge in [-0.3, -0.25) is 4.98 Å². The summed E-state index contributed by atoms with van der Waals surface area (Å²) in [4.78, 5) is 20.8. The molecule has 1 aliphatic rings. The number of rotatable bonds is 5. The molecule has 4 heterocycles. The van der Waals surface area contributed by atoms with Gasteiger partial charge in [-0.15, -0.1) is 0 Å². The Hall–Kier alpha value is -2.80. The smallest absolute Gasteiger partial charge is 0.230 e. The lowest BCUT2D eigenvalue weighted by Crippen LogP contribution is -2.53. The van der Waals surface area contributed by atoms with Gasteiger partial charge < -0.3 is 15.0 Å². The molecule has 0 spiro atoms. The van der Waals surface area contributed by atoms with E-state index in [0.29, 0.717) is 31.4 Å². The summed E-state index contributed by atoms with van der Waals surface area (Å²) < 4.78 is 5.65. The zero-order valence-electron chi connectivity index (χ0n) is 16.6. The SMILES string of the molecule is CCc1ncccc1CNc1nc(N2CCOCC2(C)C)nc2ncccc12. The van der Waals surface area contributed by atoms with Crippen LogP contribution in [-0.4, -0.2) is 45.2 Å². The molecule has 0 saturated carbocycles. The van der Waals surface area contributed by atoms with Crippen LogP contribution in [0.2, 0.25) is 0 Å². The van der Waals surface area contributed by atoms with Crippen LogP contribution in [0.1, 0.15) is 32.0 Å². The Labute approximate surface area is 165 Å². The Morgan fingerprint density at radius 3 is 2.79 bits per heavy atom. The molecule has 0 unspecified atom stereocenters. The topological polar surface area (TPSA) is 76.1 Å². The lowest BCUT2D eigenvalue weighted by molar-refractivity contribution is 0.0634. The first-order chi connectivity index (χ1) is 13.6. The monoisotopic (exact) mass is 378 g/mol. The zero-order chi connectivity index (χ0) is 19.6. The van der Waals surface area contributed by atoms with E-state index < -0.39 is 0 Å². The molecule has 0 bridgehead atoms. The van der Waals surface area contributed by atoms with Crippen molar-refractivity contribution in [2.45, 2.75) is 39.3 Å². The average Bonchev–Trinajstić information content (AvgIpc) is 2.71. The van der Waals surface area contributed by atoms with Gasteiger partial charge in [0, 0.05) is 31.2 Å². The van der Waals surface area contributed by atoms with Gasteiger partial charge in [0.15, 0.2) is 5.65 Å². The number of fused-ring (bicyclic) bond motifs is 1. The highest BCUT2D eigenvalue weighted by molar-refractivity contribution is 5.87. The Morgan fingerprint density at radius 1 is 1.14 bits per heavy atom. The third-order valence-corrected chi connectivity index (χ3v) is 5.11. The van der Waals surface area contributed by atoms with Crippen molar-refractivity contribution < 1.29 is 4.74 Å². The Kier molecular flexibility index (Phi) is 5.09. The fraction of sp³-hybridized carbons (Fsp3) is 0.429. The molecule has 3 aromatic heterocycles. The van der Waals surface area contributed by atoms with Crippen LogP contribution in [0.25, 0.3) is 11.0 Å². The second kappa shape index (κ2) is 7.67. The minimum atomic E-state index is -0.170. The number of hydrogen-bond acceptors (Lipinski definition) is 7. The largest absolute Gasteiger partial charge is 0.377 e. The summed E-state index contributed by atoms with van der Waals surface area (Å²) in [5, 5.41) is 4.41. The molecule has 28 heavy (non-hydrogen) atoms. The number of anilines is 2. The van der Waals surface area contributed by atoms with Gasteiger partial charge in [-0.1, -0.05) is 13.0 Å². The zero-order valence-corrected chi connectivity index (χ0v) is 16.6. The summed E-state index contributed by atoms with van der Waals surface area (Å²) in [7, 11) is 0. The number of nitrogens with zero attached hydrogens (tertiary/aromatic N) is 5. The van der Waals surface area contributed by atoms with Crippen LogP contribution in [0, 0.1) is 0 Å². The molecule has 0 atom stereocenters. The molecule has 146 valence electrons. The second-order valence-electron chi connectivity index (χ2n) is 7.58. The van der Waals surface area contributed by atoms with Crippen LogP contribution in [0.4, 0.5) is 11.8 Å². The van der Waals surface area contributed by atoms with Crippen molar-refractivity contribution in [3.05, 3.63) is 47.9 Å². The fourth-order valence-electron chi connectivity index (χ4n) is 3.56. The molecule has 7 nitrogen and oxygen atoms in total. The van der Waals surface area contributed by atoms with Crippen LogP contribution in [0.15, 0.2) is 36.7 Å². The number of ether oxygens (including phenoxy) is 1. The minimum absolute atomic E-state index is 0.170. The highest BCUT2D eigenvalue weighted by Crippen LogP contribution is 2.28. The summed E-state index contributed by atoms with van der Waals surface area (Å²) in [6.07, 6.45) is 4.51. The maximum atomic E-state index is 5.65. The quantitative estimate of drug-likeness (QED) is 0.730. The van der Waals surface area contributed by atoms with Gasteiger partial charge in [-0.25, -0.2) is 4.98 Å². The van der Waals surface area contributed by atoms with E-state index in [0.717, 1.165) is 29.9 Å². The van der Waals surface area contributed by atoms with Crippen LogP contribution in [-0.2, 0) is 17.7 Å². The van der Waals surface area contributed by atoms with Gasteiger partial charge in [0.2, 0.25) is 5.95 Å². The van der Waals surface area contributed by atoms with Gasteiger partial charge in [-0.05, 0) is 44.0 Å². The summed E-state index contributed by atoms with van der Waals surface area (Å²) >= 11 is 0. The first-order valence-corrected chi connectivity index (χ1v) is 9.73. The van der Waals surface area contributed by atoms with Crippen molar-refractivity contribution in [3.8, 4) is 0 Å². The second-order valence-corrected chi connectivity index (χ2v) is 7.58. The van der Waals surface area contributed by atoms with E-state index in [2.05, 4.69) is 47.0 Å². The van der Waals surface area contributed by atoms with Gasteiger partial charge in [0.1, 0.15) is 5.82 Å². The van der Waals surface area contributed by atoms with E-state index in [9.17, 15) is 0 Å². The van der Waals surface area contributed by atoms with E-state index in [-0.39, 0.29) is 5.54 Å². The highest BCUT2D eigenvalue weighted by Gasteiger charge is 2.33. The van der Waals surface area contributed by atoms with Crippen molar-refractivity contribution in [2.24, 2.45) is 0 Å². The van der Waals surface area contributed by atoms with Gasteiger partial charge in [0.05, 0.1) is 24.1 Å². The van der Waals surface area contributed by atoms with Crippen LogP contribution >= 0.6 is 0 Å². The van der Waals surface area contributed by atoms with Gasteiger partial charge in [-0.2, -0.15) is 9.97 Å². The van der Waals surface area contributed by atoms with Crippen LogP contribution in [0.5, 0.6) is 0 Å². The molecule has 0 radical (unpaired) electrons. The third kappa shape index (κ3) is 3.62. The average molecular weight is 378 g/mol. The van der Waals surface area contributed by atoms with E-state index in [4.69, 9.17) is 14.7 Å². The van der Waals surface area contributed by atoms with Crippen LogP contribution < -0.4 is 10.2 Å². The lowest BCUT2D eigenvalue weighted by atomic mass is 10.0. The maximum Gasteiger partial charge on any atom is 0.230 e. The van der Waals surface area contributed by atoms with Crippen molar-refractivity contribution in [2.75, 3.05) is 30.0 Å². The third-order valence-electron chi connectivity index (χ3n) is 5.11. The number of aromatic nitrogens is 4. The van der Waals surface area contributed by atoms with Crippen molar-refractivity contribution >= 4 is 22.8 Å². The molecule has 1 aliphatic heterocycles. The van der Waals surface area contributed by atoms with E-state index in [1.165, 1.54) is 5.56 Å². The molecule has 1 fully saturated rings. The predicted molar refractivity (Wildman–Crippen MR) is 111 cm³/mol. The molecule has 3 aromatic rings. The number of pyridine rings is 2. The van der Waals surface area contributed by atoms with Crippen LogP contribution in [0.3, 0.4) is 0 Å². The fourth-order valence-corrected chi connectivity index (χ4v) is 3.56. The summed E-state index contributed by atoms with van der Waals surface area (Å²) in [5.74, 6) is 1.48. The van der Waals surface area contributed by atoms with Gasteiger partial charge >= 0.3 is 0 Å². The number of hydrogen-bond donors (Lipinski definition) is 1. The molecule has 1 saturated heterocycles. The van der Waals surface area contributed by atoms with E-state index in [1.807, 2.05) is 24.4 Å². The molecule has 0 aromatic carbocycles. The number of aryl methyl sites for hydroxylation is 1. The Bertz CT molecular complexity index is 974. The van der Waals surface area contributed by atoms with Crippen molar-refractivity contribution in [1.29, 1.82) is 0 Å². The first-order valence-electron chi connectivity index (χ1n) is 9.73. The summed E-state index contributed by atoms with van der Waals surface area (Å²) in [6, 6.07) is 7.99. The highest BCUT2D eigenvalue weighted by atomic mass is 16.5. The summed E-state index contributed by atoms with van der Waals surface area (Å²) in [6.45, 7) is 9.15. The summed E-state index contributed by atoms with van der Waals surface area (Å²) in [5.41, 5.74) is 2.80. The predicted octanol–water partition coefficient (Wildman–Crippen LogP) is 3.21. The lowest BCUT2D eigenvalue weighted by Gasteiger charge is -2.42. The Morgan fingerprint density at radius 2 is 1.96 bits per heavy atom. The molecule has 7 heteroatoms. The molecule has 4 rings (SSSR count). The van der Waals surface area contributed by atoms with E-state index >= 15 is 0 Å². The number of nitrogens with one attached hydrogen (secondary N) is 1. The standard InChI is InChI=1S/C21H26N6O/c1-4-17-15(7-5-9-22-17)13-24-19-16-8-6-10-23-18(16)25-20(26-19)27-11-12-28-14-21(27,2)3/h5-10H,4,11-14H2,1-3H3,(H,23,24,25,26). The molecular formula is C21H26N6O. The molecular weight excluding hydrogens is 352 g/mol. The number of morpholine rings is 1. The molecule has 0 aliphatic carbocycles. The first kappa shape index (κ1) is 18.6. The maximum absolute atomic E-state index is 5.65. The Balaban J connectivity index is 1.70. The minimum Gasteiger partial charge on any atom is -0.377 e. The van der Waals surface area contributed by atoms with Crippen molar-refractivity contribution in [3.63, 3.8) is 0 Å². The molecule has 0 amide bonds. The molecule has 1 N–H and O–H groups in total. The van der Waals surface area contributed by atoms with E-state index in [1.54, 1.807) is 6.20 Å². The normalized spacial score (nSPS) is 16.3.